The Labute approximate surface area is 90.4 Å². The minimum atomic E-state index is -0.312. The van der Waals surface area contributed by atoms with E-state index in [-0.39, 0.29) is 24.9 Å². The van der Waals surface area contributed by atoms with Gasteiger partial charge in [0.1, 0.15) is 0 Å². The van der Waals surface area contributed by atoms with Crippen molar-refractivity contribution in [2.24, 2.45) is 23.7 Å². The summed E-state index contributed by atoms with van der Waals surface area (Å²) in [6.45, 7) is 2.04. The molecule has 3 nitrogen and oxygen atoms in total. The van der Waals surface area contributed by atoms with Crippen LogP contribution >= 0.6 is 0 Å². The van der Waals surface area contributed by atoms with E-state index in [1.165, 1.54) is 19.3 Å². The average Bonchev–Trinajstić information content (AvgIpc) is 2.83. The van der Waals surface area contributed by atoms with Gasteiger partial charge >= 0.3 is 0 Å². The van der Waals surface area contributed by atoms with Crippen LogP contribution in [0.3, 0.4) is 0 Å². The van der Waals surface area contributed by atoms with Crippen molar-refractivity contribution >= 4 is 0 Å². The van der Waals surface area contributed by atoms with Gasteiger partial charge in [0.15, 0.2) is 0 Å². The molecule has 2 bridgehead atoms. The highest BCUT2D eigenvalue weighted by Crippen LogP contribution is 2.57. The first-order valence-electron chi connectivity index (χ1n) is 6.16. The number of aliphatic hydroxyl groups is 2. The fourth-order valence-electron chi connectivity index (χ4n) is 4.36. The second-order valence-corrected chi connectivity index (χ2v) is 5.54. The molecule has 0 spiro atoms. The third-order valence-corrected chi connectivity index (χ3v) is 4.92. The fraction of sp³-hybridized carbons (Fsp3) is 1.00. The molecule has 1 saturated heterocycles. The summed E-state index contributed by atoms with van der Waals surface area (Å²) in [5.74, 6) is 2.19. The van der Waals surface area contributed by atoms with Gasteiger partial charge in [0, 0.05) is 0 Å². The molecule has 7 atom stereocenters. The molecule has 7 unspecified atom stereocenters. The molecule has 3 rings (SSSR count). The van der Waals surface area contributed by atoms with Crippen molar-refractivity contribution < 1.29 is 14.9 Å². The number of ether oxygens (including phenoxy) is 1. The maximum Gasteiger partial charge on any atom is 0.0845 e. The van der Waals surface area contributed by atoms with Crippen LogP contribution in [0.4, 0.5) is 0 Å². The van der Waals surface area contributed by atoms with E-state index in [2.05, 4.69) is 0 Å². The number of rotatable bonds is 1. The molecule has 2 aliphatic carbocycles. The van der Waals surface area contributed by atoms with E-state index in [1.54, 1.807) is 0 Å². The first kappa shape index (κ1) is 10.1. The van der Waals surface area contributed by atoms with Gasteiger partial charge in [0.05, 0.1) is 24.9 Å². The van der Waals surface area contributed by atoms with Crippen molar-refractivity contribution in [3.05, 3.63) is 0 Å². The lowest BCUT2D eigenvalue weighted by molar-refractivity contribution is -0.190. The van der Waals surface area contributed by atoms with Gasteiger partial charge in [0.2, 0.25) is 0 Å². The normalized spacial score (nSPS) is 58.2. The number of fused-ring (bicyclic) bond motifs is 5. The Balaban J connectivity index is 1.88. The number of hydrogen-bond acceptors (Lipinski definition) is 3. The van der Waals surface area contributed by atoms with Gasteiger partial charge in [-0.2, -0.15) is 0 Å². The van der Waals surface area contributed by atoms with E-state index < -0.39 is 0 Å². The summed E-state index contributed by atoms with van der Waals surface area (Å²) in [7, 11) is 0. The highest BCUT2D eigenvalue weighted by molar-refractivity contribution is 5.05. The van der Waals surface area contributed by atoms with Gasteiger partial charge in [0.25, 0.3) is 0 Å². The molecule has 86 valence electrons. The molecule has 3 fully saturated rings. The van der Waals surface area contributed by atoms with Gasteiger partial charge in [-0.3, -0.25) is 0 Å². The zero-order chi connectivity index (χ0) is 10.6. The van der Waals surface area contributed by atoms with Crippen LogP contribution in [0.1, 0.15) is 26.2 Å². The second kappa shape index (κ2) is 3.44. The quantitative estimate of drug-likeness (QED) is 0.675. The summed E-state index contributed by atoms with van der Waals surface area (Å²) in [6.07, 6.45) is 3.35. The van der Waals surface area contributed by atoms with Gasteiger partial charge in [-0.25, -0.2) is 0 Å². The van der Waals surface area contributed by atoms with Crippen molar-refractivity contribution in [3.8, 4) is 0 Å². The molecule has 0 radical (unpaired) electrons. The predicted molar refractivity (Wildman–Crippen MR) is 55.2 cm³/mol. The Morgan fingerprint density at radius 2 is 1.87 bits per heavy atom. The average molecular weight is 212 g/mol. The molecule has 0 aromatic rings. The summed E-state index contributed by atoms with van der Waals surface area (Å²) in [4.78, 5) is 0. The van der Waals surface area contributed by atoms with Crippen molar-refractivity contribution in [3.63, 3.8) is 0 Å². The molecule has 0 aromatic carbocycles. The standard InChI is InChI=1S/C12H20O3/c1-6-12(14)11-8-3-2-7(4-8)10(11)9(5-13)15-6/h6-14H,2-5H2,1H3. The molecule has 1 aliphatic heterocycles. The van der Waals surface area contributed by atoms with Gasteiger partial charge < -0.3 is 14.9 Å². The molecule has 1 heterocycles. The van der Waals surface area contributed by atoms with E-state index in [0.717, 1.165) is 0 Å². The van der Waals surface area contributed by atoms with Crippen LogP contribution in [0.25, 0.3) is 0 Å². The third kappa shape index (κ3) is 1.30. The summed E-state index contributed by atoms with van der Waals surface area (Å²) >= 11 is 0. The summed E-state index contributed by atoms with van der Waals surface area (Å²) < 4.78 is 5.71. The molecule has 0 aromatic heterocycles. The van der Waals surface area contributed by atoms with Crippen LogP contribution in [0, 0.1) is 23.7 Å². The second-order valence-electron chi connectivity index (χ2n) is 5.54. The van der Waals surface area contributed by atoms with Gasteiger partial charge in [-0.05, 0) is 49.9 Å². The van der Waals surface area contributed by atoms with Crippen molar-refractivity contribution in [2.45, 2.75) is 44.5 Å². The largest absolute Gasteiger partial charge is 0.394 e. The van der Waals surface area contributed by atoms with E-state index >= 15 is 0 Å². The van der Waals surface area contributed by atoms with E-state index in [1.807, 2.05) is 6.92 Å². The van der Waals surface area contributed by atoms with E-state index in [9.17, 15) is 10.2 Å². The first-order valence-corrected chi connectivity index (χ1v) is 6.16. The molecule has 15 heavy (non-hydrogen) atoms. The lowest BCUT2D eigenvalue weighted by Gasteiger charge is -2.46. The topological polar surface area (TPSA) is 49.7 Å². The van der Waals surface area contributed by atoms with Gasteiger partial charge in [-0.1, -0.05) is 0 Å². The monoisotopic (exact) mass is 212 g/mol. The molecular formula is C12H20O3. The predicted octanol–water partition coefficient (Wildman–Crippen LogP) is 0.789. The fourth-order valence-corrected chi connectivity index (χ4v) is 4.36. The van der Waals surface area contributed by atoms with E-state index in [0.29, 0.717) is 23.7 Å². The van der Waals surface area contributed by atoms with Crippen LogP contribution in [-0.2, 0) is 4.74 Å². The van der Waals surface area contributed by atoms with E-state index in [4.69, 9.17) is 4.74 Å². The zero-order valence-corrected chi connectivity index (χ0v) is 9.17. The number of hydrogen-bond donors (Lipinski definition) is 2. The third-order valence-electron chi connectivity index (χ3n) is 4.92. The Hall–Kier alpha value is -0.120. The maximum atomic E-state index is 10.2. The lowest BCUT2D eigenvalue weighted by Crippen LogP contribution is -2.53. The Morgan fingerprint density at radius 3 is 2.53 bits per heavy atom. The highest BCUT2D eigenvalue weighted by atomic mass is 16.5. The molecule has 3 heteroatoms. The molecule has 0 amide bonds. The van der Waals surface area contributed by atoms with Crippen LogP contribution in [-0.4, -0.2) is 35.1 Å². The summed E-state index contributed by atoms with van der Waals surface area (Å²) in [5, 5.41) is 19.5. The SMILES string of the molecule is CC1OC(CO)C2C3CCC(C3)C2C1O. The van der Waals surface area contributed by atoms with Crippen molar-refractivity contribution in [2.75, 3.05) is 6.61 Å². The molecule has 2 saturated carbocycles. The summed E-state index contributed by atoms with van der Waals surface area (Å²) in [5.41, 5.74) is 0. The smallest absolute Gasteiger partial charge is 0.0845 e. The van der Waals surface area contributed by atoms with Crippen LogP contribution < -0.4 is 0 Å². The minimum absolute atomic E-state index is 0.0244. The van der Waals surface area contributed by atoms with Gasteiger partial charge in [-0.15, -0.1) is 0 Å². The first-order chi connectivity index (χ1) is 7.22. The van der Waals surface area contributed by atoms with Crippen molar-refractivity contribution in [1.82, 2.24) is 0 Å². The van der Waals surface area contributed by atoms with Crippen molar-refractivity contribution in [1.29, 1.82) is 0 Å². The number of aliphatic hydroxyl groups excluding tert-OH is 2. The minimum Gasteiger partial charge on any atom is -0.394 e. The van der Waals surface area contributed by atoms with Crippen LogP contribution in [0.2, 0.25) is 0 Å². The van der Waals surface area contributed by atoms with Crippen LogP contribution in [0.15, 0.2) is 0 Å². The Kier molecular flexibility index (Phi) is 2.31. The maximum absolute atomic E-state index is 10.2. The zero-order valence-electron chi connectivity index (χ0n) is 9.17. The highest BCUT2D eigenvalue weighted by Gasteiger charge is 2.56. The molecule has 2 N–H and O–H groups in total. The molecular weight excluding hydrogens is 192 g/mol. The Bertz CT molecular complexity index is 245. The lowest BCUT2D eigenvalue weighted by atomic mass is 9.71. The van der Waals surface area contributed by atoms with Crippen LogP contribution in [0.5, 0.6) is 0 Å². The Morgan fingerprint density at radius 1 is 1.20 bits per heavy atom. The summed E-state index contributed by atoms with van der Waals surface area (Å²) in [6, 6.07) is 0. The molecule has 3 aliphatic rings.